The Hall–Kier alpha value is -4.03. The fourth-order valence-corrected chi connectivity index (χ4v) is 8.47. The van der Waals surface area contributed by atoms with Gasteiger partial charge in [-0.05, 0) is 108 Å². The first-order chi connectivity index (χ1) is 22.4. The molecule has 2 saturated heterocycles. The highest BCUT2D eigenvalue weighted by Gasteiger charge is 2.67. The molecule has 0 spiro atoms. The first-order valence-electron chi connectivity index (χ1n) is 15.2. The molecule has 2 heterocycles. The van der Waals surface area contributed by atoms with Crippen LogP contribution < -0.4 is 14.5 Å². The summed E-state index contributed by atoms with van der Waals surface area (Å²) in [7, 11) is 1.45. The molecule has 4 aliphatic rings. The number of carbonyl (C=O) groups excluding carboxylic acids is 4. The lowest BCUT2D eigenvalue weighted by molar-refractivity contribution is -0.132. The van der Waals surface area contributed by atoms with Crippen molar-refractivity contribution in [2.24, 2.45) is 35.0 Å². The number of hydrogen-bond donors (Lipinski definition) is 1. The minimum absolute atomic E-state index is 0.0253. The number of anilines is 2. The number of aromatic hydroxyl groups is 1. The molecule has 2 aliphatic heterocycles. The van der Waals surface area contributed by atoms with E-state index >= 15 is 0 Å². The molecule has 47 heavy (non-hydrogen) atoms. The highest BCUT2D eigenvalue weighted by atomic mass is 127. The summed E-state index contributed by atoms with van der Waals surface area (Å²) in [6.07, 6.45) is 6.15. The van der Waals surface area contributed by atoms with Crippen molar-refractivity contribution in [1.29, 1.82) is 0 Å². The molecule has 3 aromatic carbocycles. The van der Waals surface area contributed by atoms with Crippen molar-refractivity contribution < 1.29 is 33.4 Å². The van der Waals surface area contributed by atoms with E-state index in [4.69, 9.17) is 16.3 Å². The lowest BCUT2D eigenvalue weighted by Crippen LogP contribution is -2.49. The molecular weight excluding hydrogens is 738 g/mol. The van der Waals surface area contributed by atoms with Gasteiger partial charge in [-0.1, -0.05) is 41.5 Å². The van der Waals surface area contributed by atoms with Gasteiger partial charge in [0.15, 0.2) is 11.5 Å². The fourth-order valence-electron chi connectivity index (χ4n) is 7.94. The van der Waals surface area contributed by atoms with Gasteiger partial charge < -0.3 is 9.84 Å². The number of hydrogen-bond acceptors (Lipinski definition) is 6. The number of carbonyl (C=O) groups is 4. The Morgan fingerprint density at radius 2 is 1.68 bits per heavy atom. The van der Waals surface area contributed by atoms with E-state index in [0.717, 1.165) is 20.1 Å². The second kappa shape index (κ2) is 11.6. The Kier molecular flexibility index (Phi) is 7.78. The maximum atomic E-state index is 14.4. The van der Waals surface area contributed by atoms with Gasteiger partial charge in [-0.25, -0.2) is 9.29 Å². The molecule has 2 aliphatic carbocycles. The zero-order chi connectivity index (χ0) is 33.4. The van der Waals surface area contributed by atoms with Gasteiger partial charge >= 0.3 is 0 Å². The summed E-state index contributed by atoms with van der Waals surface area (Å²) in [5, 5.41) is 9.90. The summed E-state index contributed by atoms with van der Waals surface area (Å²) in [5.41, 5.74) is 0.928. The maximum Gasteiger partial charge on any atom is 0.241 e. The van der Waals surface area contributed by atoms with Crippen molar-refractivity contribution in [2.75, 3.05) is 16.9 Å². The zero-order valence-electron chi connectivity index (χ0n) is 25.3. The number of phenols is 1. The van der Waals surface area contributed by atoms with E-state index in [1.54, 1.807) is 37.3 Å². The molecule has 0 bridgehead atoms. The smallest absolute Gasteiger partial charge is 0.241 e. The van der Waals surface area contributed by atoms with Gasteiger partial charge in [-0.2, -0.15) is 0 Å². The summed E-state index contributed by atoms with van der Waals surface area (Å²) >= 11 is 8.24. The highest BCUT2D eigenvalue weighted by Crippen LogP contribution is 2.61. The summed E-state index contributed by atoms with van der Waals surface area (Å²) in [6.45, 7) is 1.76. The van der Waals surface area contributed by atoms with Crippen LogP contribution in [0.3, 0.4) is 0 Å². The largest absolute Gasteiger partial charge is 0.504 e. The van der Waals surface area contributed by atoms with Crippen molar-refractivity contribution in [3.8, 4) is 11.5 Å². The maximum absolute atomic E-state index is 14.4. The molecule has 3 fully saturated rings. The molecule has 7 rings (SSSR count). The van der Waals surface area contributed by atoms with E-state index < -0.39 is 52.6 Å². The number of rotatable bonds is 5. The van der Waals surface area contributed by atoms with E-state index in [1.807, 2.05) is 24.3 Å². The lowest BCUT2D eigenvalue weighted by atomic mass is 9.52. The number of fused-ring (bicyclic) bond motifs is 4. The van der Waals surface area contributed by atoms with Crippen LogP contribution >= 0.6 is 34.2 Å². The third-order valence-electron chi connectivity index (χ3n) is 10.3. The van der Waals surface area contributed by atoms with Crippen LogP contribution in [-0.2, 0) is 19.2 Å². The van der Waals surface area contributed by atoms with Gasteiger partial charge in [0.1, 0.15) is 5.82 Å². The fraction of sp³-hybridized carbons (Fsp3) is 0.278. The van der Waals surface area contributed by atoms with Crippen molar-refractivity contribution in [2.45, 2.75) is 19.8 Å². The number of phenolic OH excluding ortho intramolecular Hbond substituents is 1. The average Bonchev–Trinajstić information content (AvgIpc) is 3.42. The summed E-state index contributed by atoms with van der Waals surface area (Å²) < 4.78 is 20.3. The summed E-state index contributed by atoms with van der Waals surface area (Å²) in [5.74, 6) is -5.16. The summed E-state index contributed by atoms with van der Waals surface area (Å²) in [6, 6.07) is 15.8. The molecule has 1 N–H and O–H groups in total. The SMILES string of the molecule is COc1cc(C=CC2C3=CCC4C(=O)N(c5ccc(I)cc5)C(=O)C4C3CC3C(=O)N(c4ccc(F)c(Cl)c4)C(=O)C23C)ccc1O. The van der Waals surface area contributed by atoms with Gasteiger partial charge in [0.05, 0.1) is 46.7 Å². The standard InChI is InChI=1S/C36H29ClFIN2O6/c1-36-25(12-3-18-4-14-29(42)30(15-18)47-2)22-10-11-23-31(34(45)40(32(23)43)20-7-5-19(39)6-8-20)24(22)17-26(36)33(44)41(35(36)46)21-9-13-28(38)27(37)16-21/h3-10,12-16,23-26,31,42H,11,17H2,1-2H3. The van der Waals surface area contributed by atoms with E-state index in [2.05, 4.69) is 22.6 Å². The lowest BCUT2D eigenvalue weighted by Gasteiger charge is -2.47. The molecule has 240 valence electrons. The number of allylic oxidation sites excluding steroid dienone is 3. The van der Waals surface area contributed by atoms with Crippen molar-refractivity contribution in [1.82, 2.24) is 0 Å². The number of benzene rings is 3. The first-order valence-corrected chi connectivity index (χ1v) is 16.6. The molecule has 3 aromatic rings. The molecule has 0 radical (unpaired) electrons. The van der Waals surface area contributed by atoms with Gasteiger partial charge in [0.25, 0.3) is 0 Å². The van der Waals surface area contributed by atoms with Crippen LogP contribution in [0.1, 0.15) is 25.3 Å². The van der Waals surface area contributed by atoms with E-state index in [0.29, 0.717) is 17.7 Å². The topological polar surface area (TPSA) is 104 Å². The Balaban J connectivity index is 1.33. The predicted molar refractivity (Wildman–Crippen MR) is 182 cm³/mol. The van der Waals surface area contributed by atoms with Crippen molar-refractivity contribution >= 4 is 75.3 Å². The number of nitrogens with zero attached hydrogens (tertiary/aromatic N) is 2. The molecular formula is C36H29ClFIN2O6. The minimum atomic E-state index is -1.26. The zero-order valence-corrected chi connectivity index (χ0v) is 28.2. The third-order valence-corrected chi connectivity index (χ3v) is 11.3. The second-order valence-electron chi connectivity index (χ2n) is 12.6. The normalized spacial score (nSPS) is 28.4. The first kappa shape index (κ1) is 31.6. The second-order valence-corrected chi connectivity index (χ2v) is 14.2. The van der Waals surface area contributed by atoms with Crippen LogP contribution in [0.5, 0.6) is 11.5 Å². The summed E-state index contributed by atoms with van der Waals surface area (Å²) in [4.78, 5) is 58.9. The number of halogens is 3. The average molecular weight is 767 g/mol. The highest BCUT2D eigenvalue weighted by molar-refractivity contribution is 14.1. The van der Waals surface area contributed by atoms with Crippen LogP contribution in [-0.4, -0.2) is 35.8 Å². The number of imide groups is 2. The van der Waals surface area contributed by atoms with Crippen molar-refractivity contribution in [3.05, 3.63) is 98.4 Å². The van der Waals surface area contributed by atoms with Gasteiger partial charge in [0.2, 0.25) is 23.6 Å². The Morgan fingerprint density at radius 1 is 0.957 bits per heavy atom. The van der Waals surface area contributed by atoms with Crippen LogP contribution in [0.4, 0.5) is 15.8 Å². The van der Waals surface area contributed by atoms with Gasteiger partial charge in [-0.3, -0.25) is 24.1 Å². The van der Waals surface area contributed by atoms with Gasteiger partial charge in [-0.15, -0.1) is 0 Å². The van der Waals surface area contributed by atoms with Gasteiger partial charge in [0, 0.05) is 9.49 Å². The molecule has 4 amide bonds. The van der Waals surface area contributed by atoms with E-state index in [1.165, 1.54) is 30.2 Å². The van der Waals surface area contributed by atoms with Crippen LogP contribution in [0, 0.1) is 44.4 Å². The quantitative estimate of drug-likeness (QED) is 0.175. The van der Waals surface area contributed by atoms with Crippen LogP contribution in [0.25, 0.3) is 6.08 Å². The number of methoxy groups -OCH3 is 1. The number of amides is 4. The molecule has 6 atom stereocenters. The van der Waals surface area contributed by atoms with Crippen LogP contribution in [0.2, 0.25) is 5.02 Å². The monoisotopic (exact) mass is 766 g/mol. The molecule has 6 unspecified atom stereocenters. The van der Waals surface area contributed by atoms with E-state index in [9.17, 15) is 28.7 Å². The Morgan fingerprint density at radius 3 is 2.38 bits per heavy atom. The molecule has 8 nitrogen and oxygen atoms in total. The van der Waals surface area contributed by atoms with E-state index in [-0.39, 0.29) is 40.4 Å². The molecule has 11 heteroatoms. The number of ether oxygens (including phenoxy) is 1. The van der Waals surface area contributed by atoms with Crippen molar-refractivity contribution in [3.63, 3.8) is 0 Å². The predicted octanol–water partition coefficient (Wildman–Crippen LogP) is 6.78. The Labute approximate surface area is 289 Å². The molecule has 0 aromatic heterocycles. The third kappa shape index (κ3) is 4.82. The molecule has 1 saturated carbocycles. The Bertz CT molecular complexity index is 1930. The van der Waals surface area contributed by atoms with Crippen LogP contribution in [0.15, 0.2) is 78.4 Å². The minimum Gasteiger partial charge on any atom is -0.504 e.